The van der Waals surface area contributed by atoms with Crippen LogP contribution in [0, 0.1) is 0 Å². The van der Waals surface area contributed by atoms with E-state index in [1.54, 1.807) is 0 Å². The monoisotopic (exact) mass is 223 g/mol. The number of nitrogens with zero attached hydrogens (tertiary/aromatic N) is 1. The summed E-state index contributed by atoms with van der Waals surface area (Å²) in [6, 6.07) is 0. The van der Waals surface area contributed by atoms with Gasteiger partial charge in [0.2, 0.25) is 5.88 Å². The lowest BCUT2D eigenvalue weighted by Crippen LogP contribution is -2.00. The first-order valence-corrected chi connectivity index (χ1v) is 4.04. The molecule has 1 heterocycles. The molecule has 0 aliphatic heterocycles. The van der Waals surface area contributed by atoms with Crippen molar-refractivity contribution < 1.29 is 18.3 Å². The number of aromatic nitrogens is 1. The Morgan fingerprint density at radius 2 is 2.00 bits per heavy atom. The van der Waals surface area contributed by atoms with Crippen molar-refractivity contribution in [2.45, 2.75) is 6.43 Å². The van der Waals surface area contributed by atoms with Gasteiger partial charge in [-0.05, 0) is 0 Å². The summed E-state index contributed by atoms with van der Waals surface area (Å²) in [5, 5.41) is 0.0311. The van der Waals surface area contributed by atoms with Crippen molar-refractivity contribution in [3.63, 3.8) is 0 Å². The van der Waals surface area contributed by atoms with E-state index in [0.717, 1.165) is 0 Å². The number of pyridine rings is 1. The lowest BCUT2D eigenvalue weighted by Gasteiger charge is -2.12. The van der Waals surface area contributed by atoms with Gasteiger partial charge in [0, 0.05) is 0 Å². The van der Waals surface area contributed by atoms with Gasteiger partial charge in [-0.3, -0.25) is 0 Å². The molecule has 1 rings (SSSR count). The van der Waals surface area contributed by atoms with Crippen LogP contribution in [0.1, 0.15) is 12.0 Å². The van der Waals surface area contributed by atoms with Crippen LogP contribution in [0.25, 0.3) is 0 Å². The number of rotatable bonds is 3. The Balaban J connectivity index is 3.36. The third kappa shape index (κ3) is 1.87. The Hall–Kier alpha value is -1.10. The van der Waals surface area contributed by atoms with E-state index in [1.165, 1.54) is 20.4 Å². The molecule has 3 nitrogen and oxygen atoms in total. The van der Waals surface area contributed by atoms with Crippen LogP contribution in [0.15, 0.2) is 6.20 Å². The average Bonchev–Trinajstić information content (AvgIpc) is 2.17. The Morgan fingerprint density at radius 3 is 2.43 bits per heavy atom. The van der Waals surface area contributed by atoms with Crippen LogP contribution in [0.4, 0.5) is 8.78 Å². The highest BCUT2D eigenvalue weighted by Gasteiger charge is 2.23. The zero-order chi connectivity index (χ0) is 10.7. The molecule has 0 fully saturated rings. The maximum absolute atomic E-state index is 12.6. The van der Waals surface area contributed by atoms with Crippen molar-refractivity contribution in [1.29, 1.82) is 0 Å². The second-order valence-corrected chi connectivity index (χ2v) is 2.77. The first kappa shape index (κ1) is 11.0. The number of methoxy groups -OCH3 is 2. The highest BCUT2D eigenvalue weighted by molar-refractivity contribution is 6.32. The molecule has 0 amide bonds. The van der Waals surface area contributed by atoms with Crippen molar-refractivity contribution in [3.05, 3.63) is 16.8 Å². The van der Waals surface area contributed by atoms with E-state index in [0.29, 0.717) is 0 Å². The molecule has 0 saturated heterocycles. The van der Waals surface area contributed by atoms with Crippen LogP contribution in [0.3, 0.4) is 0 Å². The maximum atomic E-state index is 12.6. The maximum Gasteiger partial charge on any atom is 0.272 e. The normalized spacial score (nSPS) is 10.4. The van der Waals surface area contributed by atoms with E-state index in [9.17, 15) is 8.78 Å². The Kier molecular flexibility index (Phi) is 3.46. The lowest BCUT2D eigenvalue weighted by molar-refractivity contribution is 0.141. The zero-order valence-electron chi connectivity index (χ0n) is 7.55. The number of hydrogen-bond acceptors (Lipinski definition) is 3. The largest absolute Gasteiger partial charge is 0.494 e. The zero-order valence-corrected chi connectivity index (χ0v) is 8.31. The third-order valence-electron chi connectivity index (χ3n) is 1.60. The molecule has 0 saturated carbocycles. The van der Waals surface area contributed by atoms with E-state index in [-0.39, 0.29) is 16.7 Å². The summed E-state index contributed by atoms with van der Waals surface area (Å²) in [5.74, 6) is -0.283. The molecular weight excluding hydrogens is 216 g/mol. The smallest absolute Gasteiger partial charge is 0.272 e. The average molecular weight is 224 g/mol. The summed E-state index contributed by atoms with van der Waals surface area (Å²) >= 11 is 5.63. The van der Waals surface area contributed by atoms with Gasteiger partial charge in [0.1, 0.15) is 10.6 Å². The molecule has 0 N–H and O–H groups in total. The molecule has 0 aliphatic carbocycles. The molecule has 14 heavy (non-hydrogen) atoms. The fourth-order valence-electron chi connectivity index (χ4n) is 1.03. The highest BCUT2D eigenvalue weighted by Crippen LogP contribution is 2.39. The van der Waals surface area contributed by atoms with Crippen molar-refractivity contribution in [2.75, 3.05) is 14.2 Å². The van der Waals surface area contributed by atoms with Gasteiger partial charge < -0.3 is 9.47 Å². The summed E-state index contributed by atoms with van der Waals surface area (Å²) in [6.07, 6.45) is -1.54. The van der Waals surface area contributed by atoms with Gasteiger partial charge in [-0.2, -0.15) is 0 Å². The van der Waals surface area contributed by atoms with Crippen molar-refractivity contribution in [1.82, 2.24) is 4.98 Å². The van der Waals surface area contributed by atoms with Crippen LogP contribution in [-0.2, 0) is 0 Å². The van der Waals surface area contributed by atoms with Crippen LogP contribution >= 0.6 is 11.6 Å². The quantitative estimate of drug-likeness (QED) is 0.790. The van der Waals surface area contributed by atoms with Gasteiger partial charge in [0.25, 0.3) is 6.43 Å². The van der Waals surface area contributed by atoms with Crippen molar-refractivity contribution in [3.8, 4) is 11.6 Å². The molecule has 0 bridgehead atoms. The topological polar surface area (TPSA) is 31.4 Å². The molecule has 0 unspecified atom stereocenters. The molecule has 0 spiro atoms. The molecule has 0 aliphatic rings. The molecule has 1 aromatic heterocycles. The first-order valence-electron chi connectivity index (χ1n) is 3.66. The van der Waals surface area contributed by atoms with Gasteiger partial charge >= 0.3 is 0 Å². The predicted molar refractivity (Wildman–Crippen MR) is 47.3 cm³/mol. The summed E-state index contributed by atoms with van der Waals surface area (Å²) in [7, 11) is 2.51. The van der Waals surface area contributed by atoms with Crippen LogP contribution in [0.5, 0.6) is 11.6 Å². The fourth-order valence-corrected chi connectivity index (χ4v) is 1.26. The molecule has 1 aromatic rings. The minimum absolute atomic E-state index is 0.0311. The van der Waals surface area contributed by atoms with E-state index in [2.05, 4.69) is 9.72 Å². The van der Waals surface area contributed by atoms with Crippen LogP contribution in [-0.4, -0.2) is 19.2 Å². The fraction of sp³-hybridized carbons (Fsp3) is 0.375. The van der Waals surface area contributed by atoms with Gasteiger partial charge in [0.05, 0.1) is 20.4 Å². The number of halogens is 3. The second kappa shape index (κ2) is 4.41. The number of alkyl halides is 2. The molecule has 6 heteroatoms. The van der Waals surface area contributed by atoms with Crippen molar-refractivity contribution in [2.24, 2.45) is 0 Å². The lowest BCUT2D eigenvalue weighted by atomic mass is 10.2. The Labute approximate surface area is 84.6 Å². The standard InChI is InChI=1S/C8H8ClF2NO2/c1-13-6-4(9)3-12-8(14-2)5(6)7(10)11/h3,7H,1-2H3. The molecule has 0 radical (unpaired) electrons. The molecule has 78 valence electrons. The van der Waals surface area contributed by atoms with Crippen LogP contribution in [0.2, 0.25) is 5.02 Å². The molecule has 0 aromatic carbocycles. The SMILES string of the molecule is COc1ncc(Cl)c(OC)c1C(F)F. The van der Waals surface area contributed by atoms with E-state index in [4.69, 9.17) is 16.3 Å². The van der Waals surface area contributed by atoms with Gasteiger partial charge in [0.15, 0.2) is 5.75 Å². The minimum Gasteiger partial charge on any atom is -0.494 e. The van der Waals surface area contributed by atoms with Crippen LogP contribution < -0.4 is 9.47 Å². The Bertz CT molecular complexity index is 333. The predicted octanol–water partition coefficient (Wildman–Crippen LogP) is 2.69. The van der Waals surface area contributed by atoms with E-state index < -0.39 is 12.0 Å². The summed E-state index contributed by atoms with van der Waals surface area (Å²) in [4.78, 5) is 3.61. The number of ether oxygens (including phenoxy) is 2. The highest BCUT2D eigenvalue weighted by atomic mass is 35.5. The summed E-state index contributed by atoms with van der Waals surface area (Å²) < 4.78 is 34.6. The molecular formula is C8H8ClF2NO2. The van der Waals surface area contributed by atoms with Gasteiger partial charge in [-0.25, -0.2) is 13.8 Å². The van der Waals surface area contributed by atoms with Crippen molar-refractivity contribution >= 4 is 11.6 Å². The Morgan fingerprint density at radius 1 is 1.36 bits per heavy atom. The van der Waals surface area contributed by atoms with Gasteiger partial charge in [-0.15, -0.1) is 0 Å². The molecule has 0 atom stereocenters. The summed E-state index contributed by atoms with van der Waals surface area (Å²) in [5.41, 5.74) is -0.428. The third-order valence-corrected chi connectivity index (χ3v) is 1.87. The van der Waals surface area contributed by atoms with E-state index in [1.807, 2.05) is 0 Å². The number of hydrogen-bond donors (Lipinski definition) is 0. The first-order chi connectivity index (χ1) is 6.61. The summed E-state index contributed by atoms with van der Waals surface area (Å²) in [6.45, 7) is 0. The minimum atomic E-state index is -2.74. The van der Waals surface area contributed by atoms with E-state index >= 15 is 0 Å². The van der Waals surface area contributed by atoms with Gasteiger partial charge in [-0.1, -0.05) is 11.6 Å². The second-order valence-electron chi connectivity index (χ2n) is 2.36.